The van der Waals surface area contributed by atoms with Gasteiger partial charge in [-0.05, 0) is 16.5 Å². The van der Waals surface area contributed by atoms with E-state index in [2.05, 4.69) is 42.9 Å². The van der Waals surface area contributed by atoms with Crippen LogP contribution in [-0.2, 0) is 5.41 Å². The molecule has 0 saturated heterocycles. The van der Waals surface area contributed by atoms with Crippen molar-refractivity contribution in [3.8, 4) is 11.1 Å². The third-order valence-electron chi connectivity index (χ3n) is 2.95. The third-order valence-corrected chi connectivity index (χ3v) is 3.22. The van der Waals surface area contributed by atoms with Gasteiger partial charge in [0.1, 0.15) is 11.0 Å². The lowest BCUT2D eigenvalue weighted by Crippen LogP contribution is -2.10. The predicted molar refractivity (Wildman–Crippen MR) is 80.0 cm³/mol. The van der Waals surface area contributed by atoms with Crippen LogP contribution in [0.5, 0.6) is 0 Å². The van der Waals surface area contributed by atoms with Gasteiger partial charge in [0.2, 0.25) is 5.95 Å². The zero-order chi connectivity index (χ0) is 14.2. The molecule has 0 aliphatic rings. The first-order valence-corrected chi connectivity index (χ1v) is 6.36. The maximum Gasteiger partial charge on any atom is 0.223 e. The Hall–Kier alpha value is -1.81. The molecule has 0 spiro atoms. The molecule has 1 heterocycles. The lowest BCUT2D eigenvalue weighted by molar-refractivity contribution is 0.590. The van der Waals surface area contributed by atoms with E-state index in [0.717, 1.165) is 5.56 Å². The highest BCUT2D eigenvalue weighted by Gasteiger charge is 2.15. The summed E-state index contributed by atoms with van der Waals surface area (Å²) in [6.45, 7) is 6.49. The van der Waals surface area contributed by atoms with E-state index in [1.165, 1.54) is 5.56 Å². The van der Waals surface area contributed by atoms with Crippen LogP contribution in [0.25, 0.3) is 11.1 Å². The smallest absolute Gasteiger partial charge is 0.223 e. The number of nitrogens with two attached hydrogens (primary N) is 2. The summed E-state index contributed by atoms with van der Waals surface area (Å²) < 4.78 is 0. The van der Waals surface area contributed by atoms with Crippen LogP contribution >= 0.6 is 11.6 Å². The number of benzene rings is 1. The molecule has 0 bridgehead atoms. The van der Waals surface area contributed by atoms with Crippen LogP contribution in [0.3, 0.4) is 0 Å². The normalized spacial score (nSPS) is 11.6. The molecule has 0 aliphatic heterocycles. The SMILES string of the molecule is CC(C)(C)c1ccc(-c2c(N)nc(N)nc2Cl)cc1. The van der Waals surface area contributed by atoms with E-state index in [0.29, 0.717) is 11.4 Å². The maximum atomic E-state index is 6.09. The summed E-state index contributed by atoms with van der Waals surface area (Å²) in [5.41, 5.74) is 14.2. The molecule has 1 aromatic heterocycles. The Bertz CT molecular complexity index is 577. The van der Waals surface area contributed by atoms with E-state index < -0.39 is 0 Å². The number of hydrogen-bond acceptors (Lipinski definition) is 4. The summed E-state index contributed by atoms with van der Waals surface area (Å²) in [5, 5.41) is 0.272. The Morgan fingerprint density at radius 3 is 2.05 bits per heavy atom. The summed E-state index contributed by atoms with van der Waals surface area (Å²) in [4.78, 5) is 7.88. The molecular weight excluding hydrogens is 260 g/mol. The van der Waals surface area contributed by atoms with Gasteiger partial charge in [-0.3, -0.25) is 0 Å². The molecule has 1 aromatic carbocycles. The summed E-state index contributed by atoms with van der Waals surface area (Å²) in [6.07, 6.45) is 0. The molecule has 19 heavy (non-hydrogen) atoms. The predicted octanol–water partition coefficient (Wildman–Crippen LogP) is 3.26. The largest absolute Gasteiger partial charge is 0.383 e. The zero-order valence-corrected chi connectivity index (χ0v) is 12.0. The molecule has 4 N–H and O–H groups in total. The van der Waals surface area contributed by atoms with Crippen molar-refractivity contribution in [3.05, 3.63) is 35.0 Å². The van der Waals surface area contributed by atoms with Gasteiger partial charge in [-0.1, -0.05) is 56.6 Å². The summed E-state index contributed by atoms with van der Waals surface area (Å²) in [5.74, 6) is 0.374. The first-order chi connectivity index (χ1) is 8.79. The standard InChI is InChI=1S/C14H17ClN4/c1-14(2,3)9-6-4-8(5-7-9)10-11(15)18-13(17)19-12(10)16/h4-7H,1-3H3,(H4,16,17,18,19). The highest BCUT2D eigenvalue weighted by atomic mass is 35.5. The average molecular weight is 277 g/mol. The first kappa shape index (κ1) is 13.6. The minimum atomic E-state index is 0.0811. The van der Waals surface area contributed by atoms with E-state index in [1.807, 2.05) is 12.1 Å². The molecule has 5 heteroatoms. The topological polar surface area (TPSA) is 77.8 Å². The van der Waals surface area contributed by atoms with Crippen molar-refractivity contribution < 1.29 is 0 Å². The van der Waals surface area contributed by atoms with Gasteiger partial charge in [0.05, 0.1) is 5.56 Å². The van der Waals surface area contributed by atoms with E-state index in [9.17, 15) is 0 Å². The molecule has 0 radical (unpaired) electrons. The van der Waals surface area contributed by atoms with Gasteiger partial charge >= 0.3 is 0 Å². The number of anilines is 2. The monoisotopic (exact) mass is 276 g/mol. The lowest BCUT2D eigenvalue weighted by atomic mass is 9.86. The molecular formula is C14H17ClN4. The Morgan fingerprint density at radius 2 is 1.58 bits per heavy atom. The van der Waals surface area contributed by atoms with E-state index in [-0.39, 0.29) is 16.5 Å². The van der Waals surface area contributed by atoms with Gasteiger partial charge in [-0.25, -0.2) is 4.98 Å². The van der Waals surface area contributed by atoms with Crippen LogP contribution < -0.4 is 11.5 Å². The van der Waals surface area contributed by atoms with Gasteiger partial charge in [0.25, 0.3) is 0 Å². The van der Waals surface area contributed by atoms with Gasteiger partial charge in [0.15, 0.2) is 0 Å². The van der Waals surface area contributed by atoms with Crippen molar-refractivity contribution in [2.24, 2.45) is 0 Å². The molecule has 0 atom stereocenters. The third kappa shape index (κ3) is 2.79. The van der Waals surface area contributed by atoms with Crippen LogP contribution in [0.1, 0.15) is 26.3 Å². The van der Waals surface area contributed by atoms with Crippen molar-refractivity contribution in [1.82, 2.24) is 9.97 Å². The van der Waals surface area contributed by atoms with Crippen molar-refractivity contribution >= 4 is 23.4 Å². The van der Waals surface area contributed by atoms with Crippen LogP contribution in [0.2, 0.25) is 5.15 Å². The fraction of sp³-hybridized carbons (Fsp3) is 0.286. The highest BCUT2D eigenvalue weighted by molar-refractivity contribution is 6.32. The quantitative estimate of drug-likeness (QED) is 0.784. The molecule has 0 fully saturated rings. The number of rotatable bonds is 1. The van der Waals surface area contributed by atoms with Crippen LogP contribution in [0.4, 0.5) is 11.8 Å². The fourth-order valence-corrected chi connectivity index (χ4v) is 2.16. The Morgan fingerprint density at radius 1 is 1.00 bits per heavy atom. The Kier molecular flexibility index (Phi) is 3.37. The second-order valence-electron chi connectivity index (χ2n) is 5.46. The maximum absolute atomic E-state index is 6.09. The number of hydrogen-bond donors (Lipinski definition) is 2. The zero-order valence-electron chi connectivity index (χ0n) is 11.2. The average Bonchev–Trinajstić information content (AvgIpc) is 2.27. The summed E-state index contributed by atoms with van der Waals surface area (Å²) >= 11 is 6.09. The van der Waals surface area contributed by atoms with Crippen molar-refractivity contribution in [2.45, 2.75) is 26.2 Å². The minimum absolute atomic E-state index is 0.0811. The van der Waals surface area contributed by atoms with E-state index in [1.54, 1.807) is 0 Å². The fourth-order valence-electron chi connectivity index (χ4n) is 1.87. The van der Waals surface area contributed by atoms with E-state index in [4.69, 9.17) is 23.1 Å². The van der Waals surface area contributed by atoms with Crippen LogP contribution in [0.15, 0.2) is 24.3 Å². The summed E-state index contributed by atoms with van der Waals surface area (Å²) in [6, 6.07) is 8.05. The van der Waals surface area contributed by atoms with Gasteiger partial charge < -0.3 is 11.5 Å². The van der Waals surface area contributed by atoms with Gasteiger partial charge in [0, 0.05) is 0 Å². The molecule has 2 rings (SSSR count). The van der Waals surface area contributed by atoms with Crippen molar-refractivity contribution in [3.63, 3.8) is 0 Å². The molecule has 100 valence electrons. The molecule has 0 amide bonds. The number of nitrogen functional groups attached to an aromatic ring is 2. The van der Waals surface area contributed by atoms with Crippen molar-refractivity contribution in [2.75, 3.05) is 11.5 Å². The highest BCUT2D eigenvalue weighted by Crippen LogP contribution is 2.33. The molecule has 0 saturated carbocycles. The number of aromatic nitrogens is 2. The number of nitrogens with zero attached hydrogens (tertiary/aromatic N) is 2. The number of halogens is 1. The molecule has 0 aliphatic carbocycles. The van der Waals surface area contributed by atoms with Crippen molar-refractivity contribution in [1.29, 1.82) is 0 Å². The van der Waals surface area contributed by atoms with Gasteiger partial charge in [-0.15, -0.1) is 0 Å². The Balaban J connectivity index is 2.49. The second-order valence-corrected chi connectivity index (χ2v) is 5.82. The minimum Gasteiger partial charge on any atom is -0.383 e. The van der Waals surface area contributed by atoms with Crippen LogP contribution in [0, 0.1) is 0 Å². The molecule has 0 unspecified atom stereocenters. The van der Waals surface area contributed by atoms with E-state index >= 15 is 0 Å². The van der Waals surface area contributed by atoms with Crippen LogP contribution in [-0.4, -0.2) is 9.97 Å². The summed E-state index contributed by atoms with van der Waals surface area (Å²) in [7, 11) is 0. The lowest BCUT2D eigenvalue weighted by Gasteiger charge is -2.19. The molecule has 2 aromatic rings. The Labute approximate surface area is 117 Å². The van der Waals surface area contributed by atoms with Gasteiger partial charge in [-0.2, -0.15) is 4.98 Å². The molecule has 4 nitrogen and oxygen atoms in total. The second kappa shape index (κ2) is 4.70. The first-order valence-electron chi connectivity index (χ1n) is 5.98.